The van der Waals surface area contributed by atoms with Crippen molar-refractivity contribution >= 4 is 11.8 Å². The first kappa shape index (κ1) is 24.3. The van der Waals surface area contributed by atoms with Crippen molar-refractivity contribution in [1.82, 2.24) is 10.2 Å². The Labute approximate surface area is 206 Å². The number of aryl methyl sites for hydroxylation is 1. The molecule has 1 saturated carbocycles. The van der Waals surface area contributed by atoms with Gasteiger partial charge in [0.25, 0.3) is 0 Å². The van der Waals surface area contributed by atoms with Gasteiger partial charge >= 0.3 is 0 Å². The van der Waals surface area contributed by atoms with Crippen LogP contribution < -0.4 is 10.1 Å². The van der Waals surface area contributed by atoms with Crippen molar-refractivity contribution in [3.05, 3.63) is 95.6 Å². The number of methoxy groups -OCH3 is 1. The molecule has 2 amide bonds. The van der Waals surface area contributed by atoms with Crippen molar-refractivity contribution < 1.29 is 19.4 Å². The number of rotatable bonds is 10. The van der Waals surface area contributed by atoms with Gasteiger partial charge in [-0.3, -0.25) is 9.59 Å². The molecule has 6 heteroatoms. The van der Waals surface area contributed by atoms with E-state index in [4.69, 9.17) is 4.74 Å². The molecule has 182 valence electrons. The molecule has 2 N–H and O–H groups in total. The Kier molecular flexibility index (Phi) is 7.70. The lowest BCUT2D eigenvalue weighted by Crippen LogP contribution is -2.45. The Morgan fingerprint density at radius 1 is 0.971 bits per heavy atom. The number of aromatic hydroxyl groups is 1. The Morgan fingerprint density at radius 2 is 1.63 bits per heavy atom. The molecule has 0 heterocycles. The van der Waals surface area contributed by atoms with Crippen LogP contribution in [0.4, 0.5) is 0 Å². The molecular weight excluding hydrogens is 440 g/mol. The van der Waals surface area contributed by atoms with Gasteiger partial charge in [-0.25, -0.2) is 0 Å². The second kappa shape index (κ2) is 11.1. The van der Waals surface area contributed by atoms with Gasteiger partial charge in [0.1, 0.15) is 17.5 Å². The lowest BCUT2D eigenvalue weighted by atomic mass is 10.0. The third kappa shape index (κ3) is 6.21. The van der Waals surface area contributed by atoms with Gasteiger partial charge in [0.2, 0.25) is 11.8 Å². The summed E-state index contributed by atoms with van der Waals surface area (Å²) < 4.78 is 5.30. The number of amides is 2. The van der Waals surface area contributed by atoms with E-state index in [9.17, 15) is 14.7 Å². The summed E-state index contributed by atoms with van der Waals surface area (Å²) in [6.07, 6.45) is 2.60. The molecule has 0 aliphatic heterocycles. The van der Waals surface area contributed by atoms with Crippen molar-refractivity contribution in [2.24, 2.45) is 0 Å². The van der Waals surface area contributed by atoms with E-state index in [0.717, 1.165) is 29.5 Å². The zero-order valence-corrected chi connectivity index (χ0v) is 20.2. The molecule has 2 unspecified atom stereocenters. The molecule has 3 aromatic carbocycles. The van der Waals surface area contributed by atoms with Crippen LogP contribution in [0.5, 0.6) is 11.5 Å². The lowest BCUT2D eigenvalue weighted by Gasteiger charge is -2.32. The smallest absolute Gasteiger partial charge is 0.247 e. The van der Waals surface area contributed by atoms with E-state index < -0.39 is 6.04 Å². The molecule has 4 rings (SSSR count). The van der Waals surface area contributed by atoms with Crippen LogP contribution in [0.2, 0.25) is 0 Å². The van der Waals surface area contributed by atoms with Crippen molar-refractivity contribution in [3.8, 4) is 11.5 Å². The van der Waals surface area contributed by atoms with Crippen LogP contribution >= 0.6 is 0 Å². The fraction of sp³-hybridized carbons (Fsp3) is 0.310. The maximum Gasteiger partial charge on any atom is 0.247 e. The molecule has 1 aliphatic carbocycles. The van der Waals surface area contributed by atoms with Crippen LogP contribution in [-0.4, -0.2) is 35.0 Å². The van der Waals surface area contributed by atoms with Gasteiger partial charge in [-0.2, -0.15) is 0 Å². The highest BCUT2D eigenvalue weighted by Crippen LogP contribution is 2.36. The van der Waals surface area contributed by atoms with Gasteiger partial charge in [0, 0.05) is 12.5 Å². The Morgan fingerprint density at radius 3 is 2.23 bits per heavy atom. The van der Waals surface area contributed by atoms with Crippen LogP contribution in [0.3, 0.4) is 0 Å². The number of nitrogens with one attached hydrogen (secondary N) is 1. The first-order chi connectivity index (χ1) is 17.0. The maximum atomic E-state index is 13.7. The Balaban J connectivity index is 1.58. The number of phenols is 1. The fourth-order valence-corrected chi connectivity index (χ4v) is 4.30. The standard InChI is InChI=1S/C29H32N2O4/c1-20(22-6-4-3-5-7-22)30-29(34)28(23-11-17-26(35-2)18-12-23)31(24-13-14-24)27(33)19-10-21-8-15-25(32)16-9-21/h3-9,11-12,15-18,20,24,28,32H,10,13-14,19H2,1-2H3,(H,30,34). The average Bonchev–Trinajstić information content (AvgIpc) is 3.72. The summed E-state index contributed by atoms with van der Waals surface area (Å²) in [7, 11) is 1.60. The monoisotopic (exact) mass is 472 g/mol. The Bertz CT molecular complexity index is 1130. The van der Waals surface area contributed by atoms with Gasteiger partial charge in [-0.15, -0.1) is 0 Å². The number of carbonyl (C=O) groups excluding carboxylic acids is 2. The van der Waals surface area contributed by atoms with Gasteiger partial charge in [-0.05, 0) is 67.1 Å². The summed E-state index contributed by atoms with van der Waals surface area (Å²) >= 11 is 0. The van der Waals surface area contributed by atoms with Crippen molar-refractivity contribution in [2.75, 3.05) is 7.11 Å². The zero-order valence-electron chi connectivity index (χ0n) is 20.2. The third-order valence-corrected chi connectivity index (χ3v) is 6.41. The van der Waals surface area contributed by atoms with Crippen LogP contribution in [0.25, 0.3) is 0 Å². The first-order valence-corrected chi connectivity index (χ1v) is 12.0. The van der Waals surface area contributed by atoms with Crippen molar-refractivity contribution in [1.29, 1.82) is 0 Å². The molecule has 35 heavy (non-hydrogen) atoms. The number of nitrogens with zero attached hydrogens (tertiary/aromatic N) is 1. The van der Waals surface area contributed by atoms with Gasteiger partial charge in [-0.1, -0.05) is 54.6 Å². The SMILES string of the molecule is COc1ccc(C(C(=O)NC(C)c2ccccc2)N(C(=O)CCc2ccc(O)cc2)C2CC2)cc1. The van der Waals surface area contributed by atoms with Crippen LogP contribution in [0, 0.1) is 0 Å². The van der Waals surface area contributed by atoms with E-state index in [0.29, 0.717) is 12.2 Å². The quantitative estimate of drug-likeness (QED) is 0.438. The number of benzene rings is 3. The normalized spacial score (nSPS) is 14.6. The molecular formula is C29H32N2O4. The summed E-state index contributed by atoms with van der Waals surface area (Å²) in [6, 6.07) is 23.2. The van der Waals surface area contributed by atoms with E-state index in [-0.39, 0.29) is 36.1 Å². The number of carbonyl (C=O) groups is 2. The summed E-state index contributed by atoms with van der Waals surface area (Å²) in [6.45, 7) is 1.95. The minimum atomic E-state index is -0.730. The van der Waals surface area contributed by atoms with Crippen LogP contribution in [0.15, 0.2) is 78.9 Å². The fourth-order valence-electron chi connectivity index (χ4n) is 4.30. The molecule has 0 aromatic heterocycles. The topological polar surface area (TPSA) is 78.9 Å². The predicted octanol–water partition coefficient (Wildman–Crippen LogP) is 4.94. The van der Waals surface area contributed by atoms with E-state index in [2.05, 4.69) is 5.32 Å². The molecule has 0 spiro atoms. The summed E-state index contributed by atoms with van der Waals surface area (Å²) in [5, 5.41) is 12.7. The lowest BCUT2D eigenvalue weighted by molar-refractivity contribution is -0.141. The summed E-state index contributed by atoms with van der Waals surface area (Å²) in [4.78, 5) is 29.0. The molecule has 0 bridgehead atoms. The maximum absolute atomic E-state index is 13.7. The highest BCUT2D eigenvalue weighted by Gasteiger charge is 2.41. The minimum absolute atomic E-state index is 0.0483. The Hall–Kier alpha value is -3.80. The second-order valence-electron chi connectivity index (χ2n) is 9.02. The van der Waals surface area contributed by atoms with Gasteiger partial charge < -0.3 is 20.1 Å². The number of ether oxygens (including phenoxy) is 1. The van der Waals surface area contributed by atoms with Gasteiger partial charge in [0.05, 0.1) is 13.2 Å². The minimum Gasteiger partial charge on any atom is -0.508 e. The van der Waals surface area contributed by atoms with E-state index in [1.54, 1.807) is 24.1 Å². The van der Waals surface area contributed by atoms with E-state index in [1.165, 1.54) is 0 Å². The van der Waals surface area contributed by atoms with Crippen LogP contribution in [-0.2, 0) is 16.0 Å². The molecule has 0 saturated heterocycles. The predicted molar refractivity (Wildman–Crippen MR) is 135 cm³/mol. The summed E-state index contributed by atoms with van der Waals surface area (Å²) in [5.74, 6) is 0.644. The summed E-state index contributed by atoms with van der Waals surface area (Å²) in [5.41, 5.74) is 2.73. The zero-order chi connectivity index (χ0) is 24.8. The van der Waals surface area contributed by atoms with Gasteiger partial charge in [0.15, 0.2) is 0 Å². The molecule has 0 radical (unpaired) electrons. The average molecular weight is 473 g/mol. The van der Waals surface area contributed by atoms with E-state index >= 15 is 0 Å². The first-order valence-electron chi connectivity index (χ1n) is 12.0. The van der Waals surface area contributed by atoms with Crippen LogP contribution in [0.1, 0.15) is 55.0 Å². The number of hydrogen-bond donors (Lipinski definition) is 2. The van der Waals surface area contributed by atoms with Crippen molar-refractivity contribution in [2.45, 2.75) is 50.7 Å². The largest absolute Gasteiger partial charge is 0.508 e. The molecule has 2 atom stereocenters. The molecule has 1 fully saturated rings. The third-order valence-electron chi connectivity index (χ3n) is 6.41. The van der Waals surface area contributed by atoms with Crippen molar-refractivity contribution in [3.63, 3.8) is 0 Å². The highest BCUT2D eigenvalue weighted by atomic mass is 16.5. The molecule has 6 nitrogen and oxygen atoms in total. The van der Waals surface area contributed by atoms with E-state index in [1.807, 2.05) is 73.7 Å². The number of hydrogen-bond acceptors (Lipinski definition) is 4. The molecule has 1 aliphatic rings. The molecule has 3 aromatic rings. The number of phenolic OH excluding ortho intramolecular Hbond substituents is 1. The highest BCUT2D eigenvalue weighted by molar-refractivity contribution is 5.89. The second-order valence-corrected chi connectivity index (χ2v) is 9.02.